The van der Waals surface area contributed by atoms with E-state index in [1.165, 1.54) is 0 Å². The molecule has 1 aromatic heterocycles. The summed E-state index contributed by atoms with van der Waals surface area (Å²) in [6.45, 7) is 3.36. The predicted molar refractivity (Wildman–Crippen MR) is 87.1 cm³/mol. The lowest BCUT2D eigenvalue weighted by atomic mass is 10.2. The average molecular weight is 325 g/mol. The van der Waals surface area contributed by atoms with Gasteiger partial charge in [-0.1, -0.05) is 42.3 Å². The number of hydrogen-bond donors (Lipinski definition) is 1. The van der Waals surface area contributed by atoms with Crippen molar-refractivity contribution in [3.63, 3.8) is 0 Å². The van der Waals surface area contributed by atoms with Gasteiger partial charge in [-0.2, -0.15) is 0 Å². The van der Waals surface area contributed by atoms with E-state index in [0.29, 0.717) is 29.1 Å². The Hall–Kier alpha value is -1.29. The lowest BCUT2D eigenvalue weighted by molar-refractivity contribution is 0.251. The van der Waals surface area contributed by atoms with Crippen LogP contribution in [-0.2, 0) is 6.54 Å². The van der Waals surface area contributed by atoms with Crippen molar-refractivity contribution >= 4 is 23.2 Å². The molecule has 0 amide bonds. The first kappa shape index (κ1) is 16.1. The van der Waals surface area contributed by atoms with Crippen LogP contribution >= 0.6 is 23.2 Å². The van der Waals surface area contributed by atoms with Gasteiger partial charge in [-0.15, -0.1) is 0 Å². The van der Waals surface area contributed by atoms with Crippen molar-refractivity contribution in [1.82, 2.24) is 10.3 Å². The molecule has 0 bridgehead atoms. The van der Waals surface area contributed by atoms with Crippen molar-refractivity contribution in [1.29, 1.82) is 0 Å². The molecular formula is C16H18Cl2N2O. The van der Waals surface area contributed by atoms with E-state index in [2.05, 4.69) is 17.2 Å². The number of benzene rings is 1. The van der Waals surface area contributed by atoms with Gasteiger partial charge in [-0.3, -0.25) is 0 Å². The molecule has 1 N–H and O–H groups in total. The Morgan fingerprint density at radius 1 is 1.24 bits per heavy atom. The molecule has 1 heterocycles. The number of rotatable bonds is 7. The van der Waals surface area contributed by atoms with E-state index in [9.17, 15) is 0 Å². The third-order valence-corrected chi connectivity index (χ3v) is 3.75. The Morgan fingerprint density at radius 2 is 2.10 bits per heavy atom. The highest BCUT2D eigenvalue weighted by molar-refractivity contribution is 6.35. The van der Waals surface area contributed by atoms with E-state index in [-0.39, 0.29) is 6.04 Å². The zero-order valence-corrected chi connectivity index (χ0v) is 13.4. The van der Waals surface area contributed by atoms with Crippen molar-refractivity contribution < 1.29 is 4.74 Å². The lowest BCUT2D eigenvalue weighted by Gasteiger charge is -2.18. The first-order chi connectivity index (χ1) is 10.2. The first-order valence-corrected chi connectivity index (χ1v) is 7.65. The second kappa shape index (κ2) is 8.23. The van der Waals surface area contributed by atoms with Crippen LogP contribution in [0.5, 0.6) is 5.88 Å². The normalized spacial score (nSPS) is 12.1. The third kappa shape index (κ3) is 5.20. The molecular weight excluding hydrogens is 307 g/mol. The molecule has 3 nitrogen and oxygen atoms in total. The van der Waals surface area contributed by atoms with Crippen LogP contribution in [0.4, 0.5) is 0 Å². The lowest BCUT2D eigenvalue weighted by Crippen LogP contribution is -2.33. The molecule has 0 saturated heterocycles. The van der Waals surface area contributed by atoms with E-state index >= 15 is 0 Å². The van der Waals surface area contributed by atoms with Gasteiger partial charge in [0.15, 0.2) is 0 Å². The monoisotopic (exact) mass is 324 g/mol. The summed E-state index contributed by atoms with van der Waals surface area (Å²) in [5.41, 5.74) is 1.03. The molecule has 2 aromatic rings. The second-order valence-electron chi connectivity index (χ2n) is 4.70. The van der Waals surface area contributed by atoms with Crippen LogP contribution in [0.25, 0.3) is 0 Å². The molecule has 0 saturated carbocycles. The van der Waals surface area contributed by atoms with Crippen LogP contribution in [0.3, 0.4) is 0 Å². The smallest absolute Gasteiger partial charge is 0.213 e. The fourth-order valence-electron chi connectivity index (χ4n) is 1.86. The summed E-state index contributed by atoms with van der Waals surface area (Å²) < 4.78 is 5.67. The molecule has 0 aliphatic rings. The van der Waals surface area contributed by atoms with Gasteiger partial charge < -0.3 is 10.1 Å². The number of halogens is 2. The molecule has 112 valence electrons. The number of nitrogens with zero attached hydrogens (tertiary/aromatic N) is 1. The predicted octanol–water partition coefficient (Wildman–Crippen LogP) is 4.34. The van der Waals surface area contributed by atoms with Crippen LogP contribution in [-0.4, -0.2) is 17.6 Å². The van der Waals surface area contributed by atoms with Gasteiger partial charge in [0.25, 0.3) is 0 Å². The van der Waals surface area contributed by atoms with Crippen LogP contribution in [0.1, 0.15) is 18.9 Å². The molecule has 0 fully saturated rings. The average Bonchev–Trinajstić information content (AvgIpc) is 2.50. The first-order valence-electron chi connectivity index (χ1n) is 6.90. The van der Waals surface area contributed by atoms with Crippen molar-refractivity contribution in [2.75, 3.05) is 6.61 Å². The zero-order valence-electron chi connectivity index (χ0n) is 11.9. The summed E-state index contributed by atoms with van der Waals surface area (Å²) in [7, 11) is 0. The van der Waals surface area contributed by atoms with Gasteiger partial charge in [-0.25, -0.2) is 4.98 Å². The van der Waals surface area contributed by atoms with Gasteiger partial charge in [-0.05, 0) is 30.2 Å². The van der Waals surface area contributed by atoms with E-state index in [4.69, 9.17) is 27.9 Å². The molecule has 0 unspecified atom stereocenters. The molecule has 2 rings (SSSR count). The number of hydrogen-bond acceptors (Lipinski definition) is 3. The maximum absolute atomic E-state index is 6.16. The van der Waals surface area contributed by atoms with E-state index in [1.54, 1.807) is 12.3 Å². The molecule has 0 aliphatic heterocycles. The van der Waals surface area contributed by atoms with Crippen LogP contribution in [0, 0.1) is 0 Å². The quantitative estimate of drug-likeness (QED) is 0.822. The number of ether oxygens (including phenoxy) is 1. The van der Waals surface area contributed by atoms with Crippen LogP contribution in [0.2, 0.25) is 10.0 Å². The number of nitrogens with one attached hydrogen (secondary N) is 1. The minimum atomic E-state index is 0.235. The summed E-state index contributed by atoms with van der Waals surface area (Å²) in [5, 5.41) is 4.76. The minimum absolute atomic E-state index is 0.235. The highest BCUT2D eigenvalue weighted by Gasteiger charge is 2.09. The zero-order chi connectivity index (χ0) is 15.1. The Kier molecular flexibility index (Phi) is 6.30. The van der Waals surface area contributed by atoms with E-state index in [1.807, 2.05) is 30.3 Å². The third-order valence-electron chi connectivity index (χ3n) is 3.16. The van der Waals surface area contributed by atoms with Gasteiger partial charge >= 0.3 is 0 Å². The molecule has 0 aliphatic carbocycles. The minimum Gasteiger partial charge on any atom is -0.476 e. The Bertz CT molecular complexity index is 563. The van der Waals surface area contributed by atoms with Crippen molar-refractivity contribution in [3.05, 3.63) is 58.2 Å². The van der Waals surface area contributed by atoms with E-state index in [0.717, 1.165) is 12.0 Å². The van der Waals surface area contributed by atoms with Gasteiger partial charge in [0.05, 0.1) is 0 Å². The Balaban J connectivity index is 1.85. The summed E-state index contributed by atoms with van der Waals surface area (Å²) >= 11 is 12.1. The largest absolute Gasteiger partial charge is 0.476 e. The van der Waals surface area contributed by atoms with Crippen molar-refractivity contribution in [2.45, 2.75) is 25.9 Å². The molecule has 0 radical (unpaired) electrons. The topological polar surface area (TPSA) is 34.1 Å². The maximum atomic E-state index is 6.16. The van der Waals surface area contributed by atoms with E-state index < -0.39 is 0 Å². The SMILES string of the molecule is CC[C@@H](COc1ccccn1)NCc1ccc(Cl)cc1Cl. The molecule has 0 spiro atoms. The fraction of sp³-hybridized carbons (Fsp3) is 0.312. The van der Waals surface area contributed by atoms with Gasteiger partial charge in [0.1, 0.15) is 6.61 Å². The second-order valence-corrected chi connectivity index (χ2v) is 5.54. The highest BCUT2D eigenvalue weighted by atomic mass is 35.5. The highest BCUT2D eigenvalue weighted by Crippen LogP contribution is 2.20. The Morgan fingerprint density at radius 3 is 2.76 bits per heavy atom. The number of aromatic nitrogens is 1. The summed E-state index contributed by atoms with van der Waals surface area (Å²) in [6, 6.07) is 11.4. The fourth-order valence-corrected chi connectivity index (χ4v) is 2.33. The molecule has 21 heavy (non-hydrogen) atoms. The molecule has 1 aromatic carbocycles. The molecule has 1 atom stereocenters. The summed E-state index contributed by atoms with van der Waals surface area (Å²) in [5.74, 6) is 0.641. The maximum Gasteiger partial charge on any atom is 0.213 e. The van der Waals surface area contributed by atoms with Crippen LogP contribution in [0.15, 0.2) is 42.6 Å². The van der Waals surface area contributed by atoms with Crippen LogP contribution < -0.4 is 10.1 Å². The van der Waals surface area contributed by atoms with Crippen molar-refractivity contribution in [2.24, 2.45) is 0 Å². The standard InChI is InChI=1S/C16H18Cl2N2O/c1-2-14(11-21-16-5-3-4-8-19-16)20-10-12-6-7-13(17)9-15(12)18/h3-9,14,20H,2,10-11H2,1H3/t14-/m0/s1. The number of pyridine rings is 1. The van der Waals surface area contributed by atoms with Gasteiger partial charge in [0, 0.05) is 34.9 Å². The Labute approximate surface area is 135 Å². The summed E-state index contributed by atoms with van der Waals surface area (Å²) in [4.78, 5) is 4.14. The van der Waals surface area contributed by atoms with Gasteiger partial charge in [0.2, 0.25) is 5.88 Å². The molecule has 5 heteroatoms. The summed E-state index contributed by atoms with van der Waals surface area (Å²) in [6.07, 6.45) is 2.68. The van der Waals surface area contributed by atoms with Crippen molar-refractivity contribution in [3.8, 4) is 5.88 Å².